The summed E-state index contributed by atoms with van der Waals surface area (Å²) < 4.78 is 14.2. The summed E-state index contributed by atoms with van der Waals surface area (Å²) in [4.78, 5) is 1.07. The average molecular weight is 376 g/mol. The number of thioether (sulfide) groups is 1. The minimum atomic E-state index is -0.577. The fraction of sp³-hybridized carbons (Fsp3) is 0.200. The Morgan fingerprint density at radius 2 is 2.00 bits per heavy atom. The second-order valence-electron chi connectivity index (χ2n) is 4.34. The third-order valence-corrected chi connectivity index (χ3v) is 5.27. The fourth-order valence-electron chi connectivity index (χ4n) is 1.76. The molecule has 0 aliphatic rings. The Bertz CT molecular complexity index is 594. The van der Waals surface area contributed by atoms with E-state index in [0.717, 1.165) is 9.37 Å². The molecular formula is C15H13BrClFOS. The van der Waals surface area contributed by atoms with Crippen LogP contribution in [-0.4, -0.2) is 17.0 Å². The normalized spacial score (nSPS) is 12.4. The molecule has 0 aliphatic carbocycles. The third-order valence-electron chi connectivity index (χ3n) is 2.73. The molecule has 1 nitrogen and oxygen atoms in total. The zero-order valence-electron chi connectivity index (χ0n) is 10.5. The molecule has 1 unspecified atom stereocenters. The van der Waals surface area contributed by atoms with Crippen molar-refractivity contribution in [2.24, 2.45) is 0 Å². The van der Waals surface area contributed by atoms with E-state index in [1.54, 1.807) is 11.8 Å². The van der Waals surface area contributed by atoms with Crippen LogP contribution in [-0.2, 0) is 6.42 Å². The first-order valence-corrected chi connectivity index (χ1v) is 8.21. The molecule has 1 atom stereocenters. The first-order valence-electron chi connectivity index (χ1n) is 6.05. The Labute approximate surface area is 135 Å². The van der Waals surface area contributed by atoms with Crippen LogP contribution in [0.3, 0.4) is 0 Å². The standard InChI is InChI=1S/C15H13BrClFOS/c16-13-3-1-2-4-15(13)20-9-12(19)8-10-7-11(18)5-6-14(10)17/h1-7,12,19H,8-9H2. The number of hydrogen-bond acceptors (Lipinski definition) is 2. The van der Waals surface area contributed by atoms with Gasteiger partial charge in [-0.3, -0.25) is 0 Å². The van der Waals surface area contributed by atoms with Crippen LogP contribution in [0.15, 0.2) is 51.8 Å². The lowest BCUT2D eigenvalue weighted by molar-refractivity contribution is 0.200. The highest BCUT2D eigenvalue weighted by atomic mass is 79.9. The largest absolute Gasteiger partial charge is 0.392 e. The summed E-state index contributed by atoms with van der Waals surface area (Å²) in [6.45, 7) is 0. The molecule has 0 bridgehead atoms. The number of aliphatic hydroxyl groups is 1. The number of aliphatic hydroxyl groups excluding tert-OH is 1. The highest BCUT2D eigenvalue weighted by Gasteiger charge is 2.11. The molecule has 0 aliphatic heterocycles. The van der Waals surface area contributed by atoms with Gasteiger partial charge in [0.05, 0.1) is 6.10 Å². The molecule has 0 spiro atoms. The highest BCUT2D eigenvalue weighted by Crippen LogP contribution is 2.28. The molecule has 20 heavy (non-hydrogen) atoms. The van der Waals surface area contributed by atoms with Crippen molar-refractivity contribution in [3.8, 4) is 0 Å². The minimum Gasteiger partial charge on any atom is -0.392 e. The third kappa shape index (κ3) is 4.48. The summed E-state index contributed by atoms with van der Waals surface area (Å²) in [5.41, 5.74) is 0.631. The summed E-state index contributed by atoms with van der Waals surface area (Å²) in [6.07, 6.45) is -0.236. The Kier molecular flexibility index (Phi) is 5.90. The first kappa shape index (κ1) is 15.8. The second-order valence-corrected chi connectivity index (χ2v) is 6.66. The van der Waals surface area contributed by atoms with Crippen molar-refractivity contribution in [2.75, 3.05) is 5.75 Å². The van der Waals surface area contributed by atoms with E-state index in [4.69, 9.17) is 11.6 Å². The van der Waals surface area contributed by atoms with Gasteiger partial charge in [-0.05, 0) is 51.8 Å². The lowest BCUT2D eigenvalue weighted by atomic mass is 10.1. The SMILES string of the molecule is OC(CSc1ccccc1Br)Cc1cc(F)ccc1Cl. The second kappa shape index (κ2) is 7.46. The predicted octanol–water partition coefficient (Wildman–Crippen LogP) is 4.94. The van der Waals surface area contributed by atoms with E-state index in [1.165, 1.54) is 18.2 Å². The number of rotatable bonds is 5. The zero-order valence-corrected chi connectivity index (χ0v) is 13.7. The van der Waals surface area contributed by atoms with Crippen molar-refractivity contribution < 1.29 is 9.50 Å². The van der Waals surface area contributed by atoms with Crippen LogP contribution >= 0.6 is 39.3 Å². The van der Waals surface area contributed by atoms with Crippen LogP contribution < -0.4 is 0 Å². The maximum Gasteiger partial charge on any atom is 0.123 e. The topological polar surface area (TPSA) is 20.2 Å². The lowest BCUT2D eigenvalue weighted by Gasteiger charge is -2.12. The smallest absolute Gasteiger partial charge is 0.123 e. The van der Waals surface area contributed by atoms with Gasteiger partial charge in [-0.2, -0.15) is 0 Å². The zero-order chi connectivity index (χ0) is 14.5. The lowest BCUT2D eigenvalue weighted by Crippen LogP contribution is -2.14. The van der Waals surface area contributed by atoms with Gasteiger partial charge < -0.3 is 5.11 Å². The van der Waals surface area contributed by atoms with Crippen LogP contribution in [0.5, 0.6) is 0 Å². The Balaban J connectivity index is 1.94. The van der Waals surface area contributed by atoms with Gasteiger partial charge in [-0.15, -0.1) is 11.8 Å². The monoisotopic (exact) mass is 374 g/mol. The molecule has 0 fully saturated rings. The average Bonchev–Trinajstić information content (AvgIpc) is 2.42. The maximum absolute atomic E-state index is 13.1. The van der Waals surface area contributed by atoms with E-state index in [2.05, 4.69) is 15.9 Å². The van der Waals surface area contributed by atoms with Gasteiger partial charge >= 0.3 is 0 Å². The maximum atomic E-state index is 13.1. The predicted molar refractivity (Wildman–Crippen MR) is 86.0 cm³/mol. The molecule has 106 valence electrons. The van der Waals surface area contributed by atoms with E-state index in [0.29, 0.717) is 22.8 Å². The summed E-state index contributed by atoms with van der Waals surface area (Å²) in [6, 6.07) is 12.0. The minimum absolute atomic E-state index is 0.338. The summed E-state index contributed by atoms with van der Waals surface area (Å²) in [5.74, 6) is 0.185. The molecule has 2 rings (SSSR count). The Morgan fingerprint density at radius 3 is 2.75 bits per heavy atom. The number of halogens is 3. The van der Waals surface area contributed by atoms with E-state index in [1.807, 2.05) is 24.3 Å². The number of benzene rings is 2. The molecule has 5 heteroatoms. The van der Waals surface area contributed by atoms with E-state index in [-0.39, 0.29) is 5.82 Å². The molecular weight excluding hydrogens is 363 g/mol. The molecule has 1 N–H and O–H groups in total. The van der Waals surface area contributed by atoms with Gasteiger partial charge in [0.25, 0.3) is 0 Å². The molecule has 2 aromatic carbocycles. The Hall–Kier alpha value is -0.550. The Morgan fingerprint density at radius 1 is 1.25 bits per heavy atom. The molecule has 0 aromatic heterocycles. The van der Waals surface area contributed by atoms with Gasteiger partial charge in [0.2, 0.25) is 0 Å². The van der Waals surface area contributed by atoms with Gasteiger partial charge in [0.15, 0.2) is 0 Å². The summed E-state index contributed by atoms with van der Waals surface area (Å²) in [5, 5.41) is 10.5. The molecule has 0 amide bonds. The van der Waals surface area contributed by atoms with Crippen LogP contribution in [0, 0.1) is 5.82 Å². The number of hydrogen-bond donors (Lipinski definition) is 1. The van der Waals surface area contributed by atoms with Gasteiger partial charge in [0, 0.05) is 26.6 Å². The van der Waals surface area contributed by atoms with E-state index >= 15 is 0 Å². The van der Waals surface area contributed by atoms with Crippen molar-refractivity contribution in [3.63, 3.8) is 0 Å². The van der Waals surface area contributed by atoms with Crippen LogP contribution in [0.2, 0.25) is 5.02 Å². The molecule has 0 saturated heterocycles. The van der Waals surface area contributed by atoms with E-state index in [9.17, 15) is 9.50 Å². The van der Waals surface area contributed by atoms with Crippen molar-refractivity contribution in [1.82, 2.24) is 0 Å². The van der Waals surface area contributed by atoms with Crippen molar-refractivity contribution in [2.45, 2.75) is 17.4 Å². The summed E-state index contributed by atoms with van der Waals surface area (Å²) >= 11 is 11.0. The molecule has 0 radical (unpaired) electrons. The van der Waals surface area contributed by atoms with Crippen molar-refractivity contribution in [1.29, 1.82) is 0 Å². The van der Waals surface area contributed by atoms with Crippen LogP contribution in [0.25, 0.3) is 0 Å². The van der Waals surface area contributed by atoms with Gasteiger partial charge in [-0.1, -0.05) is 23.7 Å². The first-order chi connectivity index (χ1) is 9.56. The van der Waals surface area contributed by atoms with Crippen molar-refractivity contribution in [3.05, 3.63) is 63.3 Å². The molecule has 0 saturated carbocycles. The van der Waals surface area contributed by atoms with Gasteiger partial charge in [-0.25, -0.2) is 4.39 Å². The highest BCUT2D eigenvalue weighted by molar-refractivity contribution is 9.10. The fourth-order valence-corrected chi connectivity index (χ4v) is 3.45. The van der Waals surface area contributed by atoms with Crippen molar-refractivity contribution >= 4 is 39.3 Å². The molecule has 2 aromatic rings. The van der Waals surface area contributed by atoms with Gasteiger partial charge in [0.1, 0.15) is 5.82 Å². The van der Waals surface area contributed by atoms with E-state index < -0.39 is 6.10 Å². The summed E-state index contributed by atoms with van der Waals surface area (Å²) in [7, 11) is 0. The van der Waals surface area contributed by atoms with Crippen LogP contribution in [0.4, 0.5) is 4.39 Å². The molecule has 0 heterocycles. The van der Waals surface area contributed by atoms with Crippen LogP contribution in [0.1, 0.15) is 5.56 Å². The quantitative estimate of drug-likeness (QED) is 0.747.